The average molecular weight is 322 g/mol. The number of aryl methyl sites for hydroxylation is 1. The van der Waals surface area contributed by atoms with Gasteiger partial charge in [0, 0.05) is 36.8 Å². The highest BCUT2D eigenvalue weighted by molar-refractivity contribution is 7.71. The summed E-state index contributed by atoms with van der Waals surface area (Å²) < 4.78 is 0.397. The van der Waals surface area contributed by atoms with E-state index in [1.54, 1.807) is 0 Å². The van der Waals surface area contributed by atoms with Gasteiger partial charge < -0.3 is 4.98 Å². The lowest BCUT2D eigenvalue weighted by Gasteiger charge is -2.28. The van der Waals surface area contributed by atoms with Gasteiger partial charge in [0.2, 0.25) is 0 Å². The van der Waals surface area contributed by atoms with Gasteiger partial charge in [-0.1, -0.05) is 23.7 Å². The number of H-pyrrole nitrogens is 2. The van der Waals surface area contributed by atoms with Crippen LogP contribution in [0.2, 0.25) is 5.02 Å². The Kier molecular flexibility index (Phi) is 3.97. The largest absolute Gasteiger partial charge is 0.335 e. The van der Waals surface area contributed by atoms with Crippen LogP contribution < -0.4 is 5.56 Å². The minimum Gasteiger partial charge on any atom is -0.335 e. The summed E-state index contributed by atoms with van der Waals surface area (Å²) in [5.74, 6) is 0. The zero-order valence-electron chi connectivity index (χ0n) is 11.7. The second kappa shape index (κ2) is 5.75. The van der Waals surface area contributed by atoms with E-state index in [9.17, 15) is 4.79 Å². The smallest absolute Gasteiger partial charge is 0.256 e. The molecule has 0 radical (unpaired) electrons. The molecule has 4 nitrogen and oxygen atoms in total. The molecule has 0 spiro atoms. The van der Waals surface area contributed by atoms with Crippen molar-refractivity contribution in [2.24, 2.45) is 0 Å². The minimum atomic E-state index is -0.0886. The Morgan fingerprint density at radius 3 is 2.95 bits per heavy atom. The Morgan fingerprint density at radius 2 is 2.19 bits per heavy atom. The molecule has 0 fully saturated rings. The number of rotatable bonds is 2. The number of fused-ring (bicyclic) bond motifs is 1. The van der Waals surface area contributed by atoms with Gasteiger partial charge in [-0.25, -0.2) is 0 Å². The van der Waals surface area contributed by atoms with Crippen molar-refractivity contribution in [2.45, 2.75) is 26.4 Å². The third kappa shape index (κ3) is 2.95. The second-order valence-corrected chi connectivity index (χ2v) is 6.18. The normalized spacial score (nSPS) is 15.0. The van der Waals surface area contributed by atoms with Gasteiger partial charge >= 0.3 is 0 Å². The second-order valence-electron chi connectivity index (χ2n) is 5.36. The summed E-state index contributed by atoms with van der Waals surface area (Å²) in [4.78, 5) is 20.0. The molecule has 1 aliphatic rings. The zero-order chi connectivity index (χ0) is 15.0. The lowest BCUT2D eigenvalue weighted by molar-refractivity contribution is 0.241. The third-order valence-corrected chi connectivity index (χ3v) is 4.48. The van der Waals surface area contributed by atoms with Gasteiger partial charge in [0.1, 0.15) is 0 Å². The summed E-state index contributed by atoms with van der Waals surface area (Å²) in [7, 11) is 0. The molecule has 2 N–H and O–H groups in total. The van der Waals surface area contributed by atoms with Crippen molar-refractivity contribution in [1.82, 2.24) is 14.9 Å². The summed E-state index contributed by atoms with van der Waals surface area (Å²) in [6, 6.07) is 5.92. The molecule has 21 heavy (non-hydrogen) atoms. The van der Waals surface area contributed by atoms with Crippen LogP contribution in [0.5, 0.6) is 0 Å². The predicted octanol–water partition coefficient (Wildman–Crippen LogP) is 2.95. The summed E-state index contributed by atoms with van der Waals surface area (Å²) >= 11 is 11.3. The highest BCUT2D eigenvalue weighted by atomic mass is 35.5. The number of aromatic nitrogens is 2. The Bertz CT molecular complexity index is 776. The molecule has 2 heterocycles. The first-order valence-electron chi connectivity index (χ1n) is 6.85. The van der Waals surface area contributed by atoms with E-state index in [1.807, 2.05) is 12.1 Å². The third-order valence-electron chi connectivity index (χ3n) is 3.92. The van der Waals surface area contributed by atoms with Crippen molar-refractivity contribution in [3.05, 3.63) is 60.7 Å². The number of aromatic amines is 2. The van der Waals surface area contributed by atoms with Gasteiger partial charge in [-0.3, -0.25) is 14.7 Å². The Balaban J connectivity index is 1.87. The molecule has 6 heteroatoms. The number of hydrogen-bond acceptors (Lipinski definition) is 3. The highest BCUT2D eigenvalue weighted by Crippen LogP contribution is 2.23. The standard InChI is InChI=1S/C15H16ClN3OS/c1-9-3-2-4-12(16)10(9)7-19-6-5-13-11(8-19)14(20)18-15(21)17-13/h2-4H,5-8H2,1H3,(H2,17,18,20,21). The Labute approximate surface area is 132 Å². The zero-order valence-corrected chi connectivity index (χ0v) is 13.3. The summed E-state index contributed by atoms with van der Waals surface area (Å²) in [5, 5.41) is 0.780. The van der Waals surface area contributed by atoms with Crippen LogP contribution in [-0.2, 0) is 19.5 Å². The van der Waals surface area contributed by atoms with Crippen LogP contribution in [-0.4, -0.2) is 21.4 Å². The van der Waals surface area contributed by atoms with E-state index < -0.39 is 0 Å². The van der Waals surface area contributed by atoms with Gasteiger partial charge in [-0.2, -0.15) is 0 Å². The lowest BCUT2D eigenvalue weighted by atomic mass is 10.0. The number of nitrogens with zero attached hydrogens (tertiary/aromatic N) is 1. The molecule has 3 rings (SSSR count). The fourth-order valence-electron chi connectivity index (χ4n) is 2.74. The summed E-state index contributed by atoms with van der Waals surface area (Å²) in [6.07, 6.45) is 0.798. The SMILES string of the molecule is Cc1cccc(Cl)c1CN1CCc2[nH]c(=S)[nH]c(=O)c2C1. The predicted molar refractivity (Wildman–Crippen MR) is 86.3 cm³/mol. The number of nitrogens with one attached hydrogen (secondary N) is 2. The molecule has 1 aliphatic heterocycles. The quantitative estimate of drug-likeness (QED) is 0.836. The fourth-order valence-corrected chi connectivity index (χ4v) is 3.24. The minimum absolute atomic E-state index is 0.0886. The van der Waals surface area contributed by atoms with Crippen LogP contribution in [0.15, 0.2) is 23.0 Å². The van der Waals surface area contributed by atoms with Crippen LogP contribution in [0.25, 0.3) is 0 Å². The molecule has 0 amide bonds. The van der Waals surface area contributed by atoms with E-state index in [1.165, 1.54) is 5.56 Å². The molecule has 0 aliphatic carbocycles. The molecular weight excluding hydrogens is 306 g/mol. The lowest BCUT2D eigenvalue weighted by Crippen LogP contribution is -2.35. The van der Waals surface area contributed by atoms with E-state index in [2.05, 4.69) is 27.9 Å². The van der Waals surface area contributed by atoms with Gasteiger partial charge in [0.25, 0.3) is 5.56 Å². The maximum absolute atomic E-state index is 12.0. The van der Waals surface area contributed by atoms with Gasteiger partial charge in [-0.05, 0) is 36.3 Å². The number of hydrogen-bond donors (Lipinski definition) is 2. The van der Waals surface area contributed by atoms with Crippen molar-refractivity contribution in [1.29, 1.82) is 0 Å². The van der Waals surface area contributed by atoms with Gasteiger partial charge in [0.15, 0.2) is 4.77 Å². The first-order valence-corrected chi connectivity index (χ1v) is 7.64. The van der Waals surface area contributed by atoms with E-state index in [0.717, 1.165) is 41.4 Å². The Morgan fingerprint density at radius 1 is 1.38 bits per heavy atom. The van der Waals surface area contributed by atoms with Crippen molar-refractivity contribution in [3.8, 4) is 0 Å². The molecule has 0 atom stereocenters. The van der Waals surface area contributed by atoms with Gasteiger partial charge in [0.05, 0.1) is 5.56 Å². The molecule has 0 saturated heterocycles. The summed E-state index contributed by atoms with van der Waals surface area (Å²) in [6.45, 7) is 4.30. The molecule has 0 saturated carbocycles. The van der Waals surface area contributed by atoms with E-state index in [-0.39, 0.29) is 5.56 Å². The number of benzene rings is 1. The molecule has 0 unspecified atom stereocenters. The van der Waals surface area contributed by atoms with Crippen molar-refractivity contribution >= 4 is 23.8 Å². The maximum Gasteiger partial charge on any atom is 0.256 e. The Hall–Kier alpha value is -1.43. The molecule has 2 aromatic rings. The van der Waals surface area contributed by atoms with E-state index in [0.29, 0.717) is 11.3 Å². The van der Waals surface area contributed by atoms with E-state index >= 15 is 0 Å². The first kappa shape index (κ1) is 14.5. The molecule has 1 aromatic carbocycles. The first-order chi connectivity index (χ1) is 10.0. The van der Waals surface area contributed by atoms with Crippen LogP contribution in [0.3, 0.4) is 0 Å². The molecular formula is C15H16ClN3OS. The number of halogens is 1. The van der Waals surface area contributed by atoms with Gasteiger partial charge in [-0.15, -0.1) is 0 Å². The van der Waals surface area contributed by atoms with E-state index in [4.69, 9.17) is 23.8 Å². The van der Waals surface area contributed by atoms with Crippen LogP contribution >= 0.6 is 23.8 Å². The maximum atomic E-state index is 12.0. The monoisotopic (exact) mass is 321 g/mol. The topological polar surface area (TPSA) is 51.9 Å². The van der Waals surface area contributed by atoms with Crippen molar-refractivity contribution < 1.29 is 0 Å². The summed E-state index contributed by atoms with van der Waals surface area (Å²) in [5.41, 5.74) is 3.95. The fraction of sp³-hybridized carbons (Fsp3) is 0.333. The van der Waals surface area contributed by atoms with Crippen LogP contribution in [0.4, 0.5) is 0 Å². The molecule has 110 valence electrons. The van der Waals surface area contributed by atoms with Crippen molar-refractivity contribution in [3.63, 3.8) is 0 Å². The highest BCUT2D eigenvalue weighted by Gasteiger charge is 2.20. The molecule has 0 bridgehead atoms. The van der Waals surface area contributed by atoms with Crippen LogP contribution in [0, 0.1) is 11.7 Å². The van der Waals surface area contributed by atoms with Crippen molar-refractivity contribution in [2.75, 3.05) is 6.54 Å². The average Bonchev–Trinajstić information content (AvgIpc) is 2.43. The van der Waals surface area contributed by atoms with Crippen LogP contribution in [0.1, 0.15) is 22.4 Å². The molecule has 1 aromatic heterocycles.